The second-order valence-corrected chi connectivity index (χ2v) is 9.50. The third-order valence-electron chi connectivity index (χ3n) is 6.90. The summed E-state index contributed by atoms with van der Waals surface area (Å²) in [5, 5.41) is 22.0. The Hall–Kier alpha value is -4.56. The average Bonchev–Trinajstić information content (AvgIpc) is 3.52. The summed E-state index contributed by atoms with van der Waals surface area (Å²) in [4.78, 5) is 40.9. The molecule has 2 aliphatic rings. The van der Waals surface area contributed by atoms with Crippen LogP contribution in [0.25, 0.3) is 11.3 Å². The van der Waals surface area contributed by atoms with Crippen molar-refractivity contribution in [2.75, 3.05) is 38.1 Å². The first-order chi connectivity index (χ1) is 19.0. The van der Waals surface area contributed by atoms with Crippen LogP contribution in [0.4, 0.5) is 11.6 Å². The topological polar surface area (TPSA) is 145 Å². The third-order valence-corrected chi connectivity index (χ3v) is 6.90. The zero-order chi connectivity index (χ0) is 27.2. The van der Waals surface area contributed by atoms with Crippen molar-refractivity contribution in [3.63, 3.8) is 0 Å². The van der Waals surface area contributed by atoms with Gasteiger partial charge in [0.15, 0.2) is 0 Å². The maximum atomic E-state index is 12.7. The summed E-state index contributed by atoms with van der Waals surface area (Å²) in [7, 11) is 0. The molecule has 5 rings (SSSR count). The van der Waals surface area contributed by atoms with Crippen molar-refractivity contribution in [3.05, 3.63) is 60.0 Å². The Morgan fingerprint density at radius 3 is 2.54 bits per heavy atom. The molecular formula is C28H29N7O4. The van der Waals surface area contributed by atoms with Crippen LogP contribution in [0, 0.1) is 11.3 Å². The number of carbonyl (C=O) groups excluding carboxylic acids is 2. The molecule has 3 aromatic rings. The van der Waals surface area contributed by atoms with E-state index in [2.05, 4.69) is 26.3 Å². The van der Waals surface area contributed by atoms with Gasteiger partial charge in [-0.15, -0.1) is 0 Å². The monoisotopic (exact) mass is 527 g/mol. The van der Waals surface area contributed by atoms with Crippen LogP contribution in [-0.2, 0) is 4.79 Å². The predicted molar refractivity (Wildman–Crippen MR) is 142 cm³/mol. The largest absolute Gasteiger partial charge is 0.489 e. The number of hydrogen-bond donors (Lipinski definition) is 2. The molecule has 1 aromatic carbocycles. The molecule has 0 bridgehead atoms. The molecule has 2 N–H and O–H groups in total. The lowest BCUT2D eigenvalue weighted by Gasteiger charge is -2.32. The molecule has 2 saturated heterocycles. The summed E-state index contributed by atoms with van der Waals surface area (Å²) in [6, 6.07) is 12.7. The van der Waals surface area contributed by atoms with E-state index in [0.717, 1.165) is 31.5 Å². The van der Waals surface area contributed by atoms with Gasteiger partial charge in [0.25, 0.3) is 5.91 Å². The Bertz CT molecular complexity index is 1390. The van der Waals surface area contributed by atoms with E-state index in [9.17, 15) is 14.9 Å². The molecule has 2 fully saturated rings. The van der Waals surface area contributed by atoms with Gasteiger partial charge in [-0.25, -0.2) is 9.97 Å². The minimum atomic E-state index is -0.492. The fourth-order valence-corrected chi connectivity index (χ4v) is 4.80. The van der Waals surface area contributed by atoms with Crippen LogP contribution < -0.4 is 10.1 Å². The first kappa shape index (κ1) is 26.1. The van der Waals surface area contributed by atoms with Gasteiger partial charge in [0.1, 0.15) is 30.2 Å². The highest BCUT2D eigenvalue weighted by Crippen LogP contribution is 2.28. The minimum Gasteiger partial charge on any atom is -0.489 e. The summed E-state index contributed by atoms with van der Waals surface area (Å²) in [5.41, 5.74) is 2.76. The number of aliphatic hydroxyl groups is 1. The number of ether oxygens (including phenoxy) is 1. The normalized spacial score (nSPS) is 15.6. The van der Waals surface area contributed by atoms with Crippen LogP contribution in [0.2, 0.25) is 0 Å². The van der Waals surface area contributed by atoms with Crippen LogP contribution in [0.15, 0.2) is 48.8 Å². The van der Waals surface area contributed by atoms with Gasteiger partial charge in [0.2, 0.25) is 11.9 Å². The molecule has 11 heteroatoms. The van der Waals surface area contributed by atoms with E-state index in [1.807, 2.05) is 11.0 Å². The highest BCUT2D eigenvalue weighted by atomic mass is 16.5. The maximum absolute atomic E-state index is 12.7. The van der Waals surface area contributed by atoms with Crippen molar-refractivity contribution in [3.8, 4) is 23.1 Å². The van der Waals surface area contributed by atoms with Crippen molar-refractivity contribution in [2.24, 2.45) is 0 Å². The van der Waals surface area contributed by atoms with Crippen molar-refractivity contribution < 1.29 is 19.4 Å². The van der Waals surface area contributed by atoms with Gasteiger partial charge in [-0.05, 0) is 49.2 Å². The molecule has 39 heavy (non-hydrogen) atoms. The lowest BCUT2D eigenvalue weighted by atomic mass is 10.1. The van der Waals surface area contributed by atoms with Crippen LogP contribution in [0.5, 0.6) is 5.75 Å². The van der Waals surface area contributed by atoms with Gasteiger partial charge in [0, 0.05) is 62.7 Å². The van der Waals surface area contributed by atoms with Gasteiger partial charge in [-0.3, -0.25) is 14.6 Å². The molecule has 0 spiro atoms. The summed E-state index contributed by atoms with van der Waals surface area (Å²) < 4.78 is 6.10. The molecule has 11 nitrogen and oxygen atoms in total. The molecule has 0 radical (unpaired) electrons. The van der Waals surface area contributed by atoms with E-state index < -0.39 is 6.61 Å². The number of aliphatic hydroxyl groups excluding tert-OH is 1. The van der Waals surface area contributed by atoms with E-state index in [4.69, 9.17) is 9.84 Å². The molecule has 0 aliphatic carbocycles. The van der Waals surface area contributed by atoms with Crippen molar-refractivity contribution in [2.45, 2.75) is 31.8 Å². The average molecular weight is 528 g/mol. The number of amides is 2. The zero-order valence-corrected chi connectivity index (χ0v) is 21.4. The standard InChI is InChI=1S/C28H29N7O4/c29-17-20-15-19(3-4-25(20)39-22-7-13-34(14-8-22)26(37)18-36)23-6-10-31-28(33-23)32-21-5-9-30-24(16-21)27(38)35-11-1-2-12-35/h3-6,9-10,15-16,22,36H,1-2,7-8,11-14,18H2,(H,30,31,32,33). The number of aromatic nitrogens is 3. The molecule has 2 aromatic heterocycles. The van der Waals surface area contributed by atoms with E-state index in [1.54, 1.807) is 47.6 Å². The van der Waals surface area contributed by atoms with Crippen LogP contribution >= 0.6 is 0 Å². The summed E-state index contributed by atoms with van der Waals surface area (Å²) in [6.45, 7) is 2.03. The van der Waals surface area contributed by atoms with E-state index in [1.165, 1.54) is 0 Å². The molecule has 0 saturated carbocycles. The fraction of sp³-hybridized carbons (Fsp3) is 0.357. The molecule has 0 unspecified atom stereocenters. The number of carbonyl (C=O) groups is 2. The van der Waals surface area contributed by atoms with Gasteiger partial charge < -0.3 is 25.0 Å². The molecule has 200 valence electrons. The Labute approximate surface area is 226 Å². The van der Waals surface area contributed by atoms with Gasteiger partial charge in [0.05, 0.1) is 11.3 Å². The van der Waals surface area contributed by atoms with Crippen LogP contribution in [0.3, 0.4) is 0 Å². The second-order valence-electron chi connectivity index (χ2n) is 9.50. The molecule has 0 atom stereocenters. The van der Waals surface area contributed by atoms with Gasteiger partial charge in [-0.2, -0.15) is 5.26 Å². The first-order valence-corrected chi connectivity index (χ1v) is 13.0. The number of nitrogens with zero attached hydrogens (tertiary/aromatic N) is 6. The smallest absolute Gasteiger partial charge is 0.272 e. The highest BCUT2D eigenvalue weighted by molar-refractivity contribution is 5.93. The quantitative estimate of drug-likeness (QED) is 0.474. The van der Waals surface area contributed by atoms with Gasteiger partial charge in [-0.1, -0.05) is 0 Å². The lowest BCUT2D eigenvalue weighted by Crippen LogP contribution is -2.42. The number of likely N-dealkylation sites (tertiary alicyclic amines) is 2. The highest BCUT2D eigenvalue weighted by Gasteiger charge is 2.24. The Morgan fingerprint density at radius 2 is 1.79 bits per heavy atom. The number of benzene rings is 1. The molecule has 2 amide bonds. The molecular weight excluding hydrogens is 498 g/mol. The number of pyridine rings is 1. The number of anilines is 2. The molecule has 2 aliphatic heterocycles. The lowest BCUT2D eigenvalue weighted by molar-refractivity contribution is -0.135. The van der Waals surface area contributed by atoms with E-state index >= 15 is 0 Å². The third kappa shape index (κ3) is 6.13. The number of nitriles is 1. The van der Waals surface area contributed by atoms with E-state index in [-0.39, 0.29) is 17.9 Å². The SMILES string of the molecule is N#Cc1cc(-c2ccnc(Nc3ccnc(C(=O)N4CCCC4)c3)n2)ccc1OC1CCN(C(=O)CO)CC1. The predicted octanol–water partition coefficient (Wildman–Crippen LogP) is 2.75. The summed E-state index contributed by atoms with van der Waals surface area (Å²) >= 11 is 0. The first-order valence-electron chi connectivity index (χ1n) is 13.0. The van der Waals surface area contributed by atoms with Crippen molar-refractivity contribution in [1.82, 2.24) is 24.8 Å². The number of nitrogens with one attached hydrogen (secondary N) is 1. The zero-order valence-electron chi connectivity index (χ0n) is 21.4. The Kier molecular flexibility index (Phi) is 7.94. The van der Waals surface area contributed by atoms with Crippen molar-refractivity contribution in [1.29, 1.82) is 5.26 Å². The Morgan fingerprint density at radius 1 is 1.03 bits per heavy atom. The number of hydrogen-bond acceptors (Lipinski definition) is 9. The number of piperidine rings is 1. The Balaban J connectivity index is 1.27. The minimum absolute atomic E-state index is 0.0821. The van der Waals surface area contributed by atoms with Crippen LogP contribution in [0.1, 0.15) is 41.7 Å². The fourth-order valence-electron chi connectivity index (χ4n) is 4.80. The van der Waals surface area contributed by atoms with E-state index in [0.29, 0.717) is 60.3 Å². The summed E-state index contributed by atoms with van der Waals surface area (Å²) in [5.74, 6) is 0.462. The van der Waals surface area contributed by atoms with Crippen LogP contribution in [-0.4, -0.2) is 80.6 Å². The number of rotatable bonds is 7. The maximum Gasteiger partial charge on any atom is 0.272 e. The van der Waals surface area contributed by atoms with Gasteiger partial charge >= 0.3 is 0 Å². The second kappa shape index (κ2) is 11.9. The summed E-state index contributed by atoms with van der Waals surface area (Å²) in [6.07, 6.45) is 6.36. The van der Waals surface area contributed by atoms with Crippen molar-refractivity contribution >= 4 is 23.5 Å². The molecule has 4 heterocycles.